The molecular formula is C14H16BrNO2. The Balaban J connectivity index is 2.78. The maximum Gasteiger partial charge on any atom is 0.178 e. The molecule has 0 bridgehead atoms. The van der Waals surface area contributed by atoms with Gasteiger partial charge in [-0.25, -0.2) is 0 Å². The van der Waals surface area contributed by atoms with Gasteiger partial charge in [0.05, 0.1) is 11.9 Å². The molecule has 1 aromatic heterocycles. The molecule has 0 aliphatic heterocycles. The fourth-order valence-corrected chi connectivity index (χ4v) is 2.42. The van der Waals surface area contributed by atoms with Crippen LogP contribution < -0.4 is 4.74 Å². The number of ketones is 1. The maximum absolute atomic E-state index is 12.3. The van der Waals surface area contributed by atoms with Gasteiger partial charge in [0.25, 0.3) is 0 Å². The number of nitrogens with zero attached hydrogens (tertiary/aromatic N) is 1. The Morgan fingerprint density at radius 2 is 2.11 bits per heavy atom. The van der Waals surface area contributed by atoms with Crippen LogP contribution in [-0.4, -0.2) is 22.3 Å². The van der Waals surface area contributed by atoms with Gasteiger partial charge in [-0.2, -0.15) is 0 Å². The first-order valence-corrected chi connectivity index (χ1v) is 6.70. The van der Waals surface area contributed by atoms with Crippen LogP contribution in [0.15, 0.2) is 18.2 Å². The number of alkyl halides is 1. The molecule has 0 amide bonds. The van der Waals surface area contributed by atoms with Crippen LogP contribution in [-0.2, 0) is 7.05 Å². The lowest BCUT2D eigenvalue weighted by molar-refractivity contribution is 0.0996. The number of aromatic nitrogens is 1. The van der Waals surface area contributed by atoms with Gasteiger partial charge in [-0.15, -0.1) is 0 Å². The van der Waals surface area contributed by atoms with Gasteiger partial charge in [0.2, 0.25) is 0 Å². The second-order valence-electron chi connectivity index (χ2n) is 4.38. The quantitative estimate of drug-likeness (QED) is 0.642. The lowest BCUT2D eigenvalue weighted by Gasteiger charge is -2.04. The minimum Gasteiger partial charge on any atom is -0.497 e. The molecule has 96 valence electrons. The Kier molecular flexibility index (Phi) is 3.48. The lowest BCUT2D eigenvalue weighted by atomic mass is 10.0. The molecule has 0 N–H and O–H groups in total. The third-order valence-corrected chi connectivity index (χ3v) is 3.72. The average molecular weight is 310 g/mol. The van der Waals surface area contributed by atoms with E-state index in [1.54, 1.807) is 7.11 Å². The largest absolute Gasteiger partial charge is 0.497 e. The molecule has 0 radical (unpaired) electrons. The first-order chi connectivity index (χ1) is 8.47. The van der Waals surface area contributed by atoms with Crippen molar-refractivity contribution in [2.24, 2.45) is 7.05 Å². The molecule has 0 aliphatic carbocycles. The van der Waals surface area contributed by atoms with Gasteiger partial charge < -0.3 is 9.30 Å². The Hall–Kier alpha value is -1.29. The molecule has 2 rings (SSSR count). The zero-order valence-corrected chi connectivity index (χ0v) is 12.5. The van der Waals surface area contributed by atoms with Crippen LogP contribution in [0.25, 0.3) is 10.9 Å². The molecule has 0 spiro atoms. The molecule has 0 fully saturated rings. The summed E-state index contributed by atoms with van der Waals surface area (Å²) in [5.41, 5.74) is 2.80. The topological polar surface area (TPSA) is 31.2 Å². The lowest BCUT2D eigenvalue weighted by Crippen LogP contribution is -2.11. The number of fused-ring (bicyclic) bond motifs is 1. The van der Waals surface area contributed by atoms with Gasteiger partial charge in [0, 0.05) is 29.2 Å². The van der Waals surface area contributed by atoms with E-state index in [1.165, 1.54) is 0 Å². The van der Waals surface area contributed by atoms with E-state index >= 15 is 0 Å². The SMILES string of the molecule is COc1ccc2c(c1)c(C(=O)C(C)Br)c(C)n2C. The molecule has 0 saturated heterocycles. The minimum absolute atomic E-state index is 0.103. The predicted octanol–water partition coefficient (Wildman–Crippen LogP) is 3.46. The Bertz CT molecular complexity index is 614. The molecule has 1 atom stereocenters. The predicted molar refractivity (Wildman–Crippen MR) is 76.9 cm³/mol. The zero-order valence-electron chi connectivity index (χ0n) is 11.0. The van der Waals surface area contributed by atoms with Crippen molar-refractivity contribution in [3.63, 3.8) is 0 Å². The summed E-state index contributed by atoms with van der Waals surface area (Å²) >= 11 is 3.35. The van der Waals surface area contributed by atoms with E-state index in [0.29, 0.717) is 0 Å². The Morgan fingerprint density at radius 3 is 2.67 bits per heavy atom. The van der Waals surface area contributed by atoms with Crippen LogP contribution in [0.1, 0.15) is 23.0 Å². The first-order valence-electron chi connectivity index (χ1n) is 5.78. The third kappa shape index (κ3) is 1.94. The van der Waals surface area contributed by atoms with Crippen molar-refractivity contribution in [1.82, 2.24) is 4.57 Å². The fourth-order valence-electron chi connectivity index (χ4n) is 2.19. The van der Waals surface area contributed by atoms with Gasteiger partial charge in [-0.3, -0.25) is 4.79 Å². The van der Waals surface area contributed by atoms with Crippen molar-refractivity contribution in [3.8, 4) is 5.75 Å². The van der Waals surface area contributed by atoms with E-state index in [0.717, 1.165) is 27.9 Å². The number of ether oxygens (including phenoxy) is 1. The number of benzene rings is 1. The molecular weight excluding hydrogens is 294 g/mol. The highest BCUT2D eigenvalue weighted by Crippen LogP contribution is 2.30. The van der Waals surface area contributed by atoms with Crippen molar-refractivity contribution in [1.29, 1.82) is 0 Å². The highest BCUT2D eigenvalue weighted by molar-refractivity contribution is 9.10. The maximum atomic E-state index is 12.3. The van der Waals surface area contributed by atoms with E-state index in [4.69, 9.17) is 4.74 Å². The van der Waals surface area contributed by atoms with Crippen molar-refractivity contribution < 1.29 is 9.53 Å². The van der Waals surface area contributed by atoms with Crippen molar-refractivity contribution in [2.45, 2.75) is 18.7 Å². The zero-order chi connectivity index (χ0) is 13.4. The number of methoxy groups -OCH3 is 1. The van der Waals surface area contributed by atoms with Crippen LogP contribution >= 0.6 is 15.9 Å². The summed E-state index contributed by atoms with van der Waals surface area (Å²) < 4.78 is 7.27. The van der Waals surface area contributed by atoms with Crippen LogP contribution in [0.5, 0.6) is 5.75 Å². The average Bonchev–Trinajstić information content (AvgIpc) is 2.60. The van der Waals surface area contributed by atoms with Gasteiger partial charge >= 0.3 is 0 Å². The molecule has 1 unspecified atom stereocenters. The van der Waals surface area contributed by atoms with E-state index in [-0.39, 0.29) is 10.6 Å². The monoisotopic (exact) mass is 309 g/mol. The van der Waals surface area contributed by atoms with Gasteiger partial charge in [0.15, 0.2) is 5.78 Å². The van der Waals surface area contributed by atoms with Gasteiger partial charge in [-0.05, 0) is 32.0 Å². The smallest absolute Gasteiger partial charge is 0.178 e. The summed E-state index contributed by atoms with van der Waals surface area (Å²) in [7, 11) is 3.60. The first kappa shape index (κ1) is 13.1. The minimum atomic E-state index is -0.187. The number of carbonyl (C=O) groups is 1. The molecule has 0 aliphatic rings. The Morgan fingerprint density at radius 1 is 1.44 bits per heavy atom. The second-order valence-corrected chi connectivity index (χ2v) is 5.76. The standard InChI is InChI=1S/C14H16BrNO2/c1-8(15)14(17)13-9(2)16(3)12-6-5-10(18-4)7-11(12)13/h5-8H,1-4H3. The number of carbonyl (C=O) groups excluding carboxylic acids is 1. The summed E-state index contributed by atoms with van der Waals surface area (Å²) in [4.78, 5) is 12.1. The molecule has 1 heterocycles. The molecule has 2 aromatic rings. The summed E-state index contributed by atoms with van der Waals surface area (Å²) in [6.07, 6.45) is 0. The van der Waals surface area contributed by atoms with E-state index in [9.17, 15) is 4.79 Å². The van der Waals surface area contributed by atoms with Gasteiger partial charge in [-0.1, -0.05) is 15.9 Å². The number of hydrogen-bond donors (Lipinski definition) is 0. The number of aryl methyl sites for hydroxylation is 1. The number of halogens is 1. The normalized spacial score (nSPS) is 12.7. The van der Waals surface area contributed by atoms with Crippen molar-refractivity contribution >= 4 is 32.6 Å². The van der Waals surface area contributed by atoms with Gasteiger partial charge in [0.1, 0.15) is 5.75 Å². The number of rotatable bonds is 3. The van der Waals surface area contributed by atoms with Crippen LogP contribution in [0, 0.1) is 6.92 Å². The van der Waals surface area contributed by atoms with Crippen LogP contribution in [0.2, 0.25) is 0 Å². The molecule has 4 heteroatoms. The summed E-state index contributed by atoms with van der Waals surface area (Å²) in [5, 5.41) is 0.950. The van der Waals surface area contributed by atoms with E-state index < -0.39 is 0 Å². The second kappa shape index (κ2) is 4.76. The summed E-state index contributed by atoms with van der Waals surface area (Å²) in [6.45, 7) is 3.82. The fraction of sp³-hybridized carbons (Fsp3) is 0.357. The van der Waals surface area contributed by atoms with E-state index in [1.807, 2.05) is 43.7 Å². The van der Waals surface area contributed by atoms with Crippen molar-refractivity contribution in [2.75, 3.05) is 7.11 Å². The highest BCUT2D eigenvalue weighted by atomic mass is 79.9. The highest BCUT2D eigenvalue weighted by Gasteiger charge is 2.21. The van der Waals surface area contributed by atoms with Crippen LogP contribution in [0.4, 0.5) is 0 Å². The molecule has 18 heavy (non-hydrogen) atoms. The van der Waals surface area contributed by atoms with E-state index in [2.05, 4.69) is 15.9 Å². The summed E-state index contributed by atoms with van der Waals surface area (Å²) in [5.74, 6) is 0.871. The summed E-state index contributed by atoms with van der Waals surface area (Å²) in [6, 6.07) is 5.81. The van der Waals surface area contributed by atoms with Crippen LogP contribution in [0.3, 0.4) is 0 Å². The number of Topliss-reactive ketones (excluding diaryl/α,β-unsaturated/α-hetero) is 1. The number of hydrogen-bond acceptors (Lipinski definition) is 2. The third-order valence-electron chi connectivity index (χ3n) is 3.31. The Labute approximate surface area is 115 Å². The molecule has 3 nitrogen and oxygen atoms in total. The van der Waals surface area contributed by atoms with Crippen molar-refractivity contribution in [3.05, 3.63) is 29.5 Å². The molecule has 1 aromatic carbocycles. The molecule has 0 saturated carbocycles.